The quantitative estimate of drug-likeness (QED) is 0.355. The van der Waals surface area contributed by atoms with Gasteiger partial charge in [0.05, 0.1) is 0 Å². The van der Waals surface area contributed by atoms with E-state index in [1.165, 1.54) is 38.5 Å². The van der Waals surface area contributed by atoms with Crippen molar-refractivity contribution >= 4 is 5.91 Å². The number of hydrogen-bond donors (Lipinski definition) is 0. The molecule has 2 heteroatoms. The molecule has 0 heterocycles. The highest BCUT2D eigenvalue weighted by Crippen LogP contribution is 2.28. The molecule has 0 atom stereocenters. The number of hydrogen-bond acceptors (Lipinski definition) is 1. The fourth-order valence-electron chi connectivity index (χ4n) is 3.64. The van der Waals surface area contributed by atoms with Crippen LogP contribution in [0.25, 0.3) is 0 Å². The summed E-state index contributed by atoms with van der Waals surface area (Å²) in [6, 6.07) is 0.886. The fraction of sp³-hybridized carbons (Fsp3) is 0.955. The minimum Gasteiger partial charge on any atom is -0.337 e. The van der Waals surface area contributed by atoms with Gasteiger partial charge in [0.1, 0.15) is 0 Å². The first kappa shape index (κ1) is 23.5. The summed E-state index contributed by atoms with van der Waals surface area (Å²) in [5, 5.41) is 0. The van der Waals surface area contributed by atoms with Gasteiger partial charge in [-0.1, -0.05) is 87.0 Å². The van der Waals surface area contributed by atoms with Gasteiger partial charge in [-0.2, -0.15) is 0 Å². The number of amides is 1. The van der Waals surface area contributed by atoms with Crippen molar-refractivity contribution in [1.82, 2.24) is 4.90 Å². The summed E-state index contributed by atoms with van der Waals surface area (Å²) in [7, 11) is 0. The van der Waals surface area contributed by atoms with Crippen molar-refractivity contribution in [1.29, 1.82) is 0 Å². The van der Waals surface area contributed by atoms with E-state index in [9.17, 15) is 4.79 Å². The van der Waals surface area contributed by atoms with E-state index < -0.39 is 0 Å². The van der Waals surface area contributed by atoms with Gasteiger partial charge in [-0.25, -0.2) is 0 Å². The zero-order valence-electron chi connectivity index (χ0n) is 17.8. The lowest BCUT2D eigenvalue weighted by atomic mass is 9.89. The normalized spacial score (nSPS) is 12.2. The van der Waals surface area contributed by atoms with Gasteiger partial charge >= 0.3 is 0 Å². The van der Waals surface area contributed by atoms with Crippen molar-refractivity contribution in [3.63, 3.8) is 0 Å². The molecule has 144 valence electrons. The Kier molecular flexibility index (Phi) is 12.5. The van der Waals surface area contributed by atoms with Crippen LogP contribution in [0.4, 0.5) is 0 Å². The van der Waals surface area contributed by atoms with Crippen LogP contribution in [0.5, 0.6) is 0 Å². The number of carbonyl (C=O) groups is 1. The number of rotatable bonds is 13. The molecule has 2 nitrogen and oxygen atoms in total. The third kappa shape index (κ3) is 9.69. The molecule has 1 amide bonds. The van der Waals surface area contributed by atoms with Gasteiger partial charge in [0.15, 0.2) is 0 Å². The van der Waals surface area contributed by atoms with Crippen LogP contribution in [-0.2, 0) is 4.79 Å². The van der Waals surface area contributed by atoms with E-state index in [4.69, 9.17) is 0 Å². The van der Waals surface area contributed by atoms with Crippen LogP contribution in [0, 0.1) is 5.41 Å². The maximum absolute atomic E-state index is 13.2. The van der Waals surface area contributed by atoms with Crippen LogP contribution < -0.4 is 0 Å². The predicted octanol–water partition coefficient (Wildman–Crippen LogP) is 6.97. The molecule has 0 aliphatic rings. The van der Waals surface area contributed by atoms with Crippen LogP contribution in [0.1, 0.15) is 119 Å². The Balaban J connectivity index is 5.43. The second kappa shape index (κ2) is 12.8. The molecule has 0 aromatic heterocycles. The lowest BCUT2D eigenvalue weighted by Gasteiger charge is -2.40. The molecule has 0 aromatic carbocycles. The minimum absolute atomic E-state index is 0.0678. The largest absolute Gasteiger partial charge is 0.337 e. The lowest BCUT2D eigenvalue weighted by molar-refractivity contribution is -0.139. The van der Waals surface area contributed by atoms with Crippen LogP contribution in [0.15, 0.2) is 0 Å². The van der Waals surface area contributed by atoms with E-state index in [1.54, 1.807) is 0 Å². The fourth-order valence-corrected chi connectivity index (χ4v) is 3.64. The van der Waals surface area contributed by atoms with Gasteiger partial charge in [-0.15, -0.1) is 0 Å². The van der Waals surface area contributed by atoms with Crippen LogP contribution in [-0.4, -0.2) is 22.9 Å². The molecule has 24 heavy (non-hydrogen) atoms. The van der Waals surface area contributed by atoms with Gasteiger partial charge in [0.2, 0.25) is 5.91 Å². The average Bonchev–Trinajstić information content (AvgIpc) is 2.48. The smallest absolute Gasteiger partial charge is 0.223 e. The van der Waals surface area contributed by atoms with Gasteiger partial charge in [0, 0.05) is 18.5 Å². The van der Waals surface area contributed by atoms with Crippen molar-refractivity contribution in [2.45, 2.75) is 131 Å². The molecular formula is C22H45NO. The Hall–Kier alpha value is -0.530. The third-order valence-electron chi connectivity index (χ3n) is 4.78. The van der Waals surface area contributed by atoms with Crippen molar-refractivity contribution in [2.75, 3.05) is 0 Å². The van der Waals surface area contributed by atoms with Gasteiger partial charge in [0.25, 0.3) is 0 Å². The Morgan fingerprint density at radius 2 is 1.17 bits per heavy atom. The standard InChI is InChI=1S/C22H45NO/c1-8-12-16-20(17-13-9-2)23(19(14-10-3)15-11-4)21(24)18-22(5,6)7/h19-20H,8-18H2,1-7H3. The minimum atomic E-state index is 0.0678. The highest BCUT2D eigenvalue weighted by atomic mass is 16.2. The number of carbonyl (C=O) groups excluding carboxylic acids is 1. The Bertz CT molecular complexity index is 304. The first-order valence-corrected chi connectivity index (χ1v) is 10.6. The summed E-state index contributed by atoms with van der Waals surface area (Å²) >= 11 is 0. The van der Waals surface area contributed by atoms with Crippen LogP contribution in [0.3, 0.4) is 0 Å². The van der Waals surface area contributed by atoms with Crippen molar-refractivity contribution in [3.05, 3.63) is 0 Å². The second-order valence-corrected chi connectivity index (χ2v) is 8.71. The highest BCUT2D eigenvalue weighted by molar-refractivity contribution is 5.77. The van der Waals surface area contributed by atoms with Gasteiger partial charge in [-0.05, 0) is 31.1 Å². The zero-order chi connectivity index (χ0) is 18.6. The first-order chi connectivity index (χ1) is 11.3. The SMILES string of the molecule is CCCCC(CCCC)N(C(=O)CC(C)(C)C)C(CCC)CCC. The van der Waals surface area contributed by atoms with Crippen LogP contribution >= 0.6 is 0 Å². The monoisotopic (exact) mass is 339 g/mol. The summed E-state index contributed by atoms with van der Waals surface area (Å²) in [6.45, 7) is 15.6. The van der Waals surface area contributed by atoms with E-state index in [2.05, 4.69) is 53.4 Å². The molecule has 0 N–H and O–H groups in total. The summed E-state index contributed by atoms with van der Waals surface area (Å²) in [5.41, 5.74) is 0.0678. The molecule has 0 unspecified atom stereocenters. The molecule has 0 aliphatic carbocycles. The molecule has 0 spiro atoms. The summed E-state index contributed by atoms with van der Waals surface area (Å²) in [4.78, 5) is 15.6. The van der Waals surface area contributed by atoms with E-state index in [-0.39, 0.29) is 5.41 Å². The highest BCUT2D eigenvalue weighted by Gasteiger charge is 2.31. The summed E-state index contributed by atoms with van der Waals surface area (Å²) in [5.74, 6) is 0.395. The number of nitrogens with zero attached hydrogens (tertiary/aromatic N) is 1. The summed E-state index contributed by atoms with van der Waals surface area (Å²) in [6.07, 6.45) is 12.6. The molecule has 0 saturated carbocycles. The lowest BCUT2D eigenvalue weighted by Crippen LogP contribution is -2.48. The van der Waals surface area contributed by atoms with Crippen molar-refractivity contribution < 1.29 is 4.79 Å². The molecule has 0 rings (SSSR count). The Labute approximate surface area is 152 Å². The third-order valence-corrected chi connectivity index (χ3v) is 4.78. The van der Waals surface area contributed by atoms with Gasteiger partial charge < -0.3 is 4.90 Å². The Morgan fingerprint density at radius 3 is 1.50 bits per heavy atom. The molecular weight excluding hydrogens is 294 g/mol. The molecule has 0 saturated heterocycles. The van der Waals surface area contributed by atoms with E-state index in [1.807, 2.05) is 0 Å². The molecule has 0 aliphatic heterocycles. The topological polar surface area (TPSA) is 20.3 Å². The maximum Gasteiger partial charge on any atom is 0.223 e. The summed E-state index contributed by atoms with van der Waals surface area (Å²) < 4.78 is 0. The average molecular weight is 340 g/mol. The molecule has 0 aromatic rings. The molecule has 0 radical (unpaired) electrons. The molecule has 0 fully saturated rings. The molecule has 0 bridgehead atoms. The van der Waals surface area contributed by atoms with Gasteiger partial charge in [-0.3, -0.25) is 4.79 Å². The number of unbranched alkanes of at least 4 members (excludes halogenated alkanes) is 2. The second-order valence-electron chi connectivity index (χ2n) is 8.71. The van der Waals surface area contributed by atoms with E-state index in [0.29, 0.717) is 24.4 Å². The Morgan fingerprint density at radius 1 is 0.750 bits per heavy atom. The van der Waals surface area contributed by atoms with Crippen molar-refractivity contribution in [2.24, 2.45) is 5.41 Å². The zero-order valence-corrected chi connectivity index (χ0v) is 17.8. The van der Waals surface area contributed by atoms with Crippen LogP contribution in [0.2, 0.25) is 0 Å². The van der Waals surface area contributed by atoms with Crippen molar-refractivity contribution in [3.8, 4) is 0 Å². The van der Waals surface area contributed by atoms with E-state index in [0.717, 1.165) is 25.7 Å². The van der Waals surface area contributed by atoms with E-state index >= 15 is 0 Å². The predicted molar refractivity (Wildman–Crippen MR) is 107 cm³/mol. The first-order valence-electron chi connectivity index (χ1n) is 10.6. The maximum atomic E-state index is 13.2.